The SMILES string of the molecule is Cc1ccc(CNc2cnnc(NCCc3ccc(S(N)(=O)=O)cc3)n2)cc1. The molecule has 0 aliphatic carbocycles. The molecule has 0 amide bonds. The molecule has 0 atom stereocenters. The number of benzene rings is 2. The van der Waals surface area contributed by atoms with Gasteiger partial charge in [-0.2, -0.15) is 10.1 Å². The summed E-state index contributed by atoms with van der Waals surface area (Å²) < 4.78 is 22.5. The standard InChI is InChI=1S/C19H22N6O2S/c1-14-2-4-16(5-3-14)12-22-18-13-23-25-19(24-18)21-11-10-15-6-8-17(9-7-15)28(20,26)27/h2-9,13H,10-12H2,1H3,(H2,20,26,27)(H2,21,22,24,25). The quantitative estimate of drug-likeness (QED) is 0.531. The fraction of sp³-hybridized carbons (Fsp3) is 0.211. The topological polar surface area (TPSA) is 123 Å². The van der Waals surface area contributed by atoms with E-state index in [1.807, 2.05) is 0 Å². The molecule has 8 nitrogen and oxygen atoms in total. The minimum Gasteiger partial charge on any atom is -0.365 e. The number of hydrogen-bond donors (Lipinski definition) is 3. The van der Waals surface area contributed by atoms with Crippen molar-refractivity contribution < 1.29 is 8.42 Å². The van der Waals surface area contributed by atoms with E-state index < -0.39 is 10.0 Å². The number of nitrogens with two attached hydrogens (primary N) is 1. The van der Waals surface area contributed by atoms with Crippen LogP contribution in [-0.2, 0) is 23.0 Å². The highest BCUT2D eigenvalue weighted by Gasteiger charge is 2.07. The highest BCUT2D eigenvalue weighted by Crippen LogP contribution is 2.11. The third kappa shape index (κ3) is 5.73. The zero-order valence-electron chi connectivity index (χ0n) is 15.5. The molecule has 0 unspecified atom stereocenters. The minimum absolute atomic E-state index is 0.101. The van der Waals surface area contributed by atoms with Gasteiger partial charge in [0.1, 0.15) is 0 Å². The maximum atomic E-state index is 11.3. The van der Waals surface area contributed by atoms with E-state index in [1.54, 1.807) is 18.3 Å². The second-order valence-corrected chi connectivity index (χ2v) is 7.93. The van der Waals surface area contributed by atoms with Crippen LogP contribution >= 0.6 is 0 Å². The van der Waals surface area contributed by atoms with Gasteiger partial charge in [0.25, 0.3) is 0 Å². The second-order valence-electron chi connectivity index (χ2n) is 6.37. The normalized spacial score (nSPS) is 11.2. The molecule has 3 rings (SSSR count). The first-order chi connectivity index (χ1) is 13.4. The second kappa shape index (κ2) is 8.77. The number of hydrogen-bond acceptors (Lipinski definition) is 7. The molecule has 28 heavy (non-hydrogen) atoms. The van der Waals surface area contributed by atoms with Crippen LogP contribution in [0.5, 0.6) is 0 Å². The summed E-state index contributed by atoms with van der Waals surface area (Å²) >= 11 is 0. The summed E-state index contributed by atoms with van der Waals surface area (Å²) in [7, 11) is -3.67. The van der Waals surface area contributed by atoms with Crippen LogP contribution in [0.2, 0.25) is 0 Å². The molecule has 0 aliphatic rings. The van der Waals surface area contributed by atoms with Crippen LogP contribution in [0.4, 0.5) is 11.8 Å². The Morgan fingerprint density at radius 3 is 2.32 bits per heavy atom. The zero-order valence-corrected chi connectivity index (χ0v) is 16.3. The monoisotopic (exact) mass is 398 g/mol. The van der Waals surface area contributed by atoms with Gasteiger partial charge in [0, 0.05) is 13.1 Å². The number of aromatic nitrogens is 3. The summed E-state index contributed by atoms with van der Waals surface area (Å²) in [5.74, 6) is 1.06. The molecular formula is C19H22N6O2S. The molecule has 3 aromatic rings. The van der Waals surface area contributed by atoms with Gasteiger partial charge < -0.3 is 10.6 Å². The third-order valence-corrected chi connectivity index (χ3v) is 5.03. The number of sulfonamides is 1. The first kappa shape index (κ1) is 19.7. The summed E-state index contributed by atoms with van der Waals surface area (Å²) in [5.41, 5.74) is 3.35. The van der Waals surface area contributed by atoms with Gasteiger partial charge in [0.2, 0.25) is 16.0 Å². The Labute approximate surface area is 164 Å². The molecule has 0 fully saturated rings. The van der Waals surface area contributed by atoms with Crippen LogP contribution in [0.1, 0.15) is 16.7 Å². The van der Waals surface area contributed by atoms with Gasteiger partial charge in [-0.3, -0.25) is 0 Å². The molecule has 9 heteroatoms. The van der Waals surface area contributed by atoms with E-state index in [9.17, 15) is 8.42 Å². The van der Waals surface area contributed by atoms with Crippen molar-refractivity contribution in [2.24, 2.45) is 5.14 Å². The fourth-order valence-corrected chi connectivity index (χ4v) is 3.04. The van der Waals surface area contributed by atoms with Gasteiger partial charge in [0.15, 0.2) is 5.82 Å². The largest absolute Gasteiger partial charge is 0.365 e. The molecule has 1 heterocycles. The lowest BCUT2D eigenvalue weighted by Gasteiger charge is -2.08. The summed E-state index contributed by atoms with van der Waals surface area (Å²) in [6.07, 6.45) is 2.25. The van der Waals surface area contributed by atoms with Crippen molar-refractivity contribution in [3.63, 3.8) is 0 Å². The van der Waals surface area contributed by atoms with Gasteiger partial charge in [-0.15, -0.1) is 5.10 Å². The van der Waals surface area contributed by atoms with Crippen molar-refractivity contribution in [1.82, 2.24) is 15.2 Å². The Hall–Kier alpha value is -3.04. The van der Waals surface area contributed by atoms with E-state index >= 15 is 0 Å². The van der Waals surface area contributed by atoms with Crippen LogP contribution < -0.4 is 15.8 Å². The van der Waals surface area contributed by atoms with Crippen LogP contribution in [0.25, 0.3) is 0 Å². The number of aryl methyl sites for hydroxylation is 1. The molecule has 0 spiro atoms. The maximum Gasteiger partial charge on any atom is 0.244 e. The molecule has 1 aromatic heterocycles. The van der Waals surface area contributed by atoms with E-state index in [-0.39, 0.29) is 4.90 Å². The number of nitrogens with zero attached hydrogens (tertiary/aromatic N) is 3. The molecule has 4 N–H and O–H groups in total. The Bertz CT molecular complexity index is 1020. The van der Waals surface area contributed by atoms with Gasteiger partial charge in [0.05, 0.1) is 11.1 Å². The van der Waals surface area contributed by atoms with E-state index in [1.165, 1.54) is 17.7 Å². The van der Waals surface area contributed by atoms with Crippen molar-refractivity contribution in [2.45, 2.75) is 24.8 Å². The number of anilines is 2. The van der Waals surface area contributed by atoms with E-state index in [4.69, 9.17) is 5.14 Å². The van der Waals surface area contributed by atoms with Crippen LogP contribution in [0.15, 0.2) is 59.6 Å². The number of rotatable bonds is 8. The molecule has 0 saturated carbocycles. The Balaban J connectivity index is 1.51. The van der Waals surface area contributed by atoms with Crippen LogP contribution in [0, 0.1) is 6.92 Å². The summed E-state index contributed by atoms with van der Waals surface area (Å²) in [6.45, 7) is 3.28. The molecule has 2 aromatic carbocycles. The van der Waals surface area contributed by atoms with Gasteiger partial charge >= 0.3 is 0 Å². The average Bonchev–Trinajstić information content (AvgIpc) is 2.68. The van der Waals surface area contributed by atoms with Crippen molar-refractivity contribution in [3.8, 4) is 0 Å². The van der Waals surface area contributed by atoms with E-state index in [2.05, 4.69) is 57.0 Å². The Morgan fingerprint density at radius 1 is 0.964 bits per heavy atom. The smallest absolute Gasteiger partial charge is 0.244 e. The highest BCUT2D eigenvalue weighted by atomic mass is 32.2. The Morgan fingerprint density at radius 2 is 1.64 bits per heavy atom. The third-order valence-electron chi connectivity index (χ3n) is 4.10. The molecule has 146 valence electrons. The van der Waals surface area contributed by atoms with Gasteiger partial charge in [-0.05, 0) is 36.6 Å². The van der Waals surface area contributed by atoms with E-state index in [0.29, 0.717) is 31.3 Å². The zero-order chi connectivity index (χ0) is 20.0. The summed E-state index contributed by atoms with van der Waals surface area (Å²) in [5, 5.41) is 19.4. The molecule has 0 bridgehead atoms. The predicted molar refractivity (Wildman–Crippen MR) is 108 cm³/mol. The number of nitrogens with one attached hydrogen (secondary N) is 2. The van der Waals surface area contributed by atoms with Crippen molar-refractivity contribution >= 4 is 21.8 Å². The lowest BCUT2D eigenvalue weighted by molar-refractivity contribution is 0.598. The molecule has 0 radical (unpaired) electrons. The fourth-order valence-electron chi connectivity index (χ4n) is 2.53. The number of primary sulfonamides is 1. The van der Waals surface area contributed by atoms with Crippen LogP contribution in [0.3, 0.4) is 0 Å². The average molecular weight is 398 g/mol. The van der Waals surface area contributed by atoms with Crippen molar-refractivity contribution in [2.75, 3.05) is 17.2 Å². The molecule has 0 aliphatic heterocycles. The minimum atomic E-state index is -3.67. The van der Waals surface area contributed by atoms with Crippen molar-refractivity contribution in [3.05, 3.63) is 71.4 Å². The molecule has 0 saturated heterocycles. The lowest BCUT2D eigenvalue weighted by atomic mass is 10.1. The summed E-state index contributed by atoms with van der Waals surface area (Å²) in [6, 6.07) is 14.7. The van der Waals surface area contributed by atoms with Gasteiger partial charge in [-0.1, -0.05) is 42.0 Å². The summed E-state index contributed by atoms with van der Waals surface area (Å²) in [4.78, 5) is 4.49. The Kier molecular flexibility index (Phi) is 6.17. The van der Waals surface area contributed by atoms with Crippen LogP contribution in [-0.4, -0.2) is 30.1 Å². The lowest BCUT2D eigenvalue weighted by Crippen LogP contribution is -2.12. The van der Waals surface area contributed by atoms with Gasteiger partial charge in [-0.25, -0.2) is 13.6 Å². The highest BCUT2D eigenvalue weighted by molar-refractivity contribution is 7.89. The molecular weight excluding hydrogens is 376 g/mol. The predicted octanol–water partition coefficient (Wildman–Crippen LogP) is 2.09. The van der Waals surface area contributed by atoms with Crippen molar-refractivity contribution in [1.29, 1.82) is 0 Å². The first-order valence-electron chi connectivity index (χ1n) is 8.75. The first-order valence-corrected chi connectivity index (χ1v) is 10.3. The maximum absolute atomic E-state index is 11.3. The van der Waals surface area contributed by atoms with E-state index in [0.717, 1.165) is 11.1 Å².